The molecule has 1 aliphatic rings. The first kappa shape index (κ1) is 15.0. The number of thiazole rings is 1. The van der Waals surface area contributed by atoms with Gasteiger partial charge in [0.05, 0.1) is 6.26 Å². The van der Waals surface area contributed by atoms with Crippen molar-refractivity contribution < 1.29 is 14.0 Å². The smallest absolute Gasteiger partial charge is 0.229 e. The third-order valence-corrected chi connectivity index (χ3v) is 4.42. The minimum absolute atomic E-state index is 0.0108. The Hall–Kier alpha value is -1.95. The molecule has 0 aliphatic heterocycles. The zero-order valence-corrected chi connectivity index (χ0v) is 13.6. The Morgan fingerprint density at radius 3 is 2.64 bits per heavy atom. The lowest BCUT2D eigenvalue weighted by molar-refractivity contribution is -0.117. The molecule has 0 aromatic carbocycles. The van der Waals surface area contributed by atoms with Crippen LogP contribution in [0.15, 0.2) is 22.8 Å². The average molecular weight is 318 g/mol. The first-order valence-corrected chi connectivity index (χ1v) is 8.08. The van der Waals surface area contributed by atoms with E-state index in [1.54, 1.807) is 18.4 Å². The first-order valence-electron chi connectivity index (χ1n) is 7.26. The van der Waals surface area contributed by atoms with E-state index < -0.39 is 5.41 Å². The highest BCUT2D eigenvalue weighted by atomic mass is 32.1. The van der Waals surface area contributed by atoms with Gasteiger partial charge in [0.25, 0.3) is 0 Å². The quantitative estimate of drug-likeness (QED) is 0.865. The van der Waals surface area contributed by atoms with Crippen molar-refractivity contribution in [3.8, 4) is 11.5 Å². The monoisotopic (exact) mass is 318 g/mol. The maximum atomic E-state index is 12.6. The molecule has 0 atom stereocenters. The van der Waals surface area contributed by atoms with Gasteiger partial charge in [-0.05, 0) is 25.0 Å². The molecule has 116 valence electrons. The minimum atomic E-state index is -0.522. The number of aromatic nitrogens is 1. The van der Waals surface area contributed by atoms with E-state index in [1.165, 1.54) is 11.3 Å². The maximum absolute atomic E-state index is 12.6. The summed E-state index contributed by atoms with van der Waals surface area (Å²) in [5, 5.41) is 3.26. The molecular formula is C16H18N2O3S. The Morgan fingerprint density at radius 2 is 2.09 bits per heavy atom. The fourth-order valence-electron chi connectivity index (χ4n) is 2.00. The lowest BCUT2D eigenvalue weighted by atomic mass is 9.89. The molecule has 1 amide bonds. The van der Waals surface area contributed by atoms with Gasteiger partial charge in [-0.25, -0.2) is 4.98 Å². The predicted molar refractivity (Wildman–Crippen MR) is 85.0 cm³/mol. The molecule has 5 nitrogen and oxygen atoms in total. The molecule has 0 saturated heterocycles. The molecule has 0 unspecified atom stereocenters. The third kappa shape index (κ3) is 2.97. The van der Waals surface area contributed by atoms with Crippen LogP contribution in [0.2, 0.25) is 0 Å². The van der Waals surface area contributed by atoms with Crippen molar-refractivity contribution in [2.45, 2.75) is 33.6 Å². The normalized spacial score (nSPS) is 14.9. The van der Waals surface area contributed by atoms with E-state index in [9.17, 15) is 9.59 Å². The summed E-state index contributed by atoms with van der Waals surface area (Å²) < 4.78 is 5.38. The topological polar surface area (TPSA) is 72.2 Å². The molecular weight excluding hydrogens is 300 g/mol. The summed E-state index contributed by atoms with van der Waals surface area (Å²) in [5.74, 6) is 0.603. The van der Waals surface area contributed by atoms with E-state index >= 15 is 0 Å². The van der Waals surface area contributed by atoms with Crippen molar-refractivity contribution in [1.29, 1.82) is 0 Å². The van der Waals surface area contributed by atoms with Gasteiger partial charge in [0, 0.05) is 11.3 Å². The molecule has 6 heteroatoms. The van der Waals surface area contributed by atoms with E-state index in [-0.39, 0.29) is 17.6 Å². The number of nitrogens with zero attached hydrogens (tertiary/aromatic N) is 1. The molecule has 2 aromatic rings. The molecule has 0 radical (unpaired) electrons. The highest BCUT2D eigenvalue weighted by Gasteiger charge is 2.33. The number of carbonyl (C=O) groups excluding carboxylic acids is 2. The molecule has 3 rings (SSSR count). The SMILES string of the molecule is CC(C)(C)C(=O)c1sc(NC(=O)C2CC2)nc1-c1ccco1. The van der Waals surface area contributed by atoms with Crippen LogP contribution < -0.4 is 5.32 Å². The fourth-order valence-corrected chi connectivity index (χ4v) is 3.13. The van der Waals surface area contributed by atoms with E-state index in [0.717, 1.165) is 12.8 Å². The van der Waals surface area contributed by atoms with Crippen LogP contribution in [0.4, 0.5) is 5.13 Å². The van der Waals surface area contributed by atoms with Crippen molar-refractivity contribution in [1.82, 2.24) is 4.98 Å². The van der Waals surface area contributed by atoms with Gasteiger partial charge in [-0.2, -0.15) is 0 Å². The van der Waals surface area contributed by atoms with Gasteiger partial charge in [0.2, 0.25) is 5.91 Å². The Bertz CT molecular complexity index is 706. The summed E-state index contributed by atoms with van der Waals surface area (Å²) in [5.41, 5.74) is -0.0212. The van der Waals surface area contributed by atoms with Gasteiger partial charge >= 0.3 is 0 Å². The Balaban J connectivity index is 1.97. The summed E-state index contributed by atoms with van der Waals surface area (Å²) in [6.07, 6.45) is 3.40. The Kier molecular flexibility index (Phi) is 3.64. The van der Waals surface area contributed by atoms with Crippen LogP contribution in [0.25, 0.3) is 11.5 Å². The molecule has 1 fully saturated rings. The molecule has 2 aromatic heterocycles. The number of nitrogens with one attached hydrogen (secondary N) is 1. The van der Waals surface area contributed by atoms with Crippen molar-refractivity contribution >= 4 is 28.2 Å². The van der Waals surface area contributed by atoms with Crippen LogP contribution in [0, 0.1) is 11.3 Å². The number of hydrogen-bond donors (Lipinski definition) is 1. The second-order valence-corrected chi connectivity index (χ2v) is 7.52. The van der Waals surface area contributed by atoms with Gasteiger partial charge in [-0.3, -0.25) is 9.59 Å². The summed E-state index contributed by atoms with van der Waals surface area (Å²) in [4.78, 5) is 29.5. The van der Waals surface area contributed by atoms with Gasteiger partial charge in [-0.1, -0.05) is 32.1 Å². The number of ketones is 1. The lowest BCUT2D eigenvalue weighted by Crippen LogP contribution is -2.19. The predicted octanol–water partition coefficient (Wildman–Crippen LogP) is 3.98. The van der Waals surface area contributed by atoms with Crippen LogP contribution in [0.1, 0.15) is 43.3 Å². The van der Waals surface area contributed by atoms with Crippen molar-refractivity contribution in [3.05, 3.63) is 23.3 Å². The Morgan fingerprint density at radius 1 is 1.36 bits per heavy atom. The van der Waals surface area contributed by atoms with Crippen LogP contribution in [-0.4, -0.2) is 16.7 Å². The van der Waals surface area contributed by atoms with Crippen LogP contribution in [0.3, 0.4) is 0 Å². The zero-order chi connectivity index (χ0) is 15.9. The van der Waals surface area contributed by atoms with Gasteiger partial charge in [-0.15, -0.1) is 0 Å². The number of carbonyl (C=O) groups is 2. The second kappa shape index (κ2) is 5.35. The van der Waals surface area contributed by atoms with E-state index in [2.05, 4.69) is 10.3 Å². The fraction of sp³-hybridized carbons (Fsp3) is 0.438. The molecule has 0 bridgehead atoms. The molecule has 1 N–H and O–H groups in total. The van der Waals surface area contributed by atoms with Crippen LogP contribution in [-0.2, 0) is 4.79 Å². The van der Waals surface area contributed by atoms with Crippen molar-refractivity contribution in [3.63, 3.8) is 0 Å². The van der Waals surface area contributed by atoms with E-state index in [0.29, 0.717) is 21.5 Å². The van der Waals surface area contributed by atoms with E-state index in [1.807, 2.05) is 20.8 Å². The number of rotatable bonds is 4. The summed E-state index contributed by atoms with van der Waals surface area (Å²) >= 11 is 1.21. The van der Waals surface area contributed by atoms with E-state index in [4.69, 9.17) is 4.42 Å². The maximum Gasteiger partial charge on any atom is 0.229 e. The van der Waals surface area contributed by atoms with Crippen molar-refractivity contribution in [2.75, 3.05) is 5.32 Å². The number of anilines is 1. The molecule has 2 heterocycles. The highest BCUT2D eigenvalue weighted by molar-refractivity contribution is 7.18. The summed E-state index contributed by atoms with van der Waals surface area (Å²) in [6.45, 7) is 5.59. The minimum Gasteiger partial charge on any atom is -0.463 e. The number of hydrogen-bond acceptors (Lipinski definition) is 5. The summed E-state index contributed by atoms with van der Waals surface area (Å²) in [7, 11) is 0. The number of furan rings is 1. The lowest BCUT2D eigenvalue weighted by Gasteiger charge is -2.15. The van der Waals surface area contributed by atoms with Gasteiger partial charge in [0.15, 0.2) is 16.7 Å². The zero-order valence-electron chi connectivity index (χ0n) is 12.8. The van der Waals surface area contributed by atoms with Gasteiger partial charge < -0.3 is 9.73 Å². The van der Waals surface area contributed by atoms with Crippen molar-refractivity contribution in [2.24, 2.45) is 11.3 Å². The number of amides is 1. The third-order valence-electron chi connectivity index (χ3n) is 3.45. The second-order valence-electron chi connectivity index (χ2n) is 6.52. The average Bonchev–Trinajstić information content (AvgIpc) is 3.00. The molecule has 1 saturated carbocycles. The number of Topliss-reactive ketones (excluding diaryl/α,β-unsaturated/α-hetero) is 1. The van der Waals surface area contributed by atoms with Crippen LogP contribution in [0.5, 0.6) is 0 Å². The molecule has 22 heavy (non-hydrogen) atoms. The first-order chi connectivity index (χ1) is 10.4. The standard InChI is InChI=1S/C16H18N2O3S/c1-16(2,3)13(19)12-11(10-5-4-8-21-10)17-15(22-12)18-14(20)9-6-7-9/h4-5,8-9H,6-7H2,1-3H3,(H,17,18,20). The largest absolute Gasteiger partial charge is 0.463 e. The molecule has 1 aliphatic carbocycles. The molecule has 0 spiro atoms. The van der Waals surface area contributed by atoms with Crippen LogP contribution >= 0.6 is 11.3 Å². The van der Waals surface area contributed by atoms with Gasteiger partial charge in [0.1, 0.15) is 10.6 Å². The Labute approximate surface area is 132 Å². The highest BCUT2D eigenvalue weighted by Crippen LogP contribution is 2.37. The summed E-state index contributed by atoms with van der Waals surface area (Å²) in [6, 6.07) is 3.52.